The van der Waals surface area contributed by atoms with E-state index in [4.69, 9.17) is 28.0 Å². The Balaban J connectivity index is 1.30. The van der Waals surface area contributed by atoms with Crippen LogP contribution in [0.1, 0.15) is 25.5 Å². The lowest BCUT2D eigenvalue weighted by molar-refractivity contribution is -0.120. The fraction of sp³-hybridized carbons (Fsp3) is 0.333. The number of rotatable bonds is 9. The van der Waals surface area contributed by atoms with E-state index in [1.807, 2.05) is 6.07 Å². The number of nitrogens with zero attached hydrogens (tertiary/aromatic N) is 4. The molecule has 0 spiro atoms. The van der Waals surface area contributed by atoms with Crippen molar-refractivity contribution in [2.75, 3.05) is 32.1 Å². The van der Waals surface area contributed by atoms with E-state index in [2.05, 4.69) is 37.4 Å². The van der Waals surface area contributed by atoms with Crippen LogP contribution in [0.15, 0.2) is 47.5 Å². The zero-order valence-corrected chi connectivity index (χ0v) is 23.1. The minimum Gasteiger partial charge on any atom is -0.412 e. The van der Waals surface area contributed by atoms with E-state index < -0.39 is 5.56 Å². The fourth-order valence-corrected chi connectivity index (χ4v) is 5.39. The molecule has 1 aromatic carbocycles. The second-order valence-electron chi connectivity index (χ2n) is 9.52. The lowest BCUT2D eigenvalue weighted by Crippen LogP contribution is -2.41. The number of hydrogen-bond acceptors (Lipinski definition) is 7. The number of aromatic nitrogens is 4. The number of halogens is 2. The largest absolute Gasteiger partial charge is 0.412 e. The van der Waals surface area contributed by atoms with Crippen molar-refractivity contribution in [1.82, 2.24) is 29.9 Å². The van der Waals surface area contributed by atoms with Gasteiger partial charge in [0.15, 0.2) is 5.65 Å². The van der Waals surface area contributed by atoms with Crippen molar-refractivity contribution in [2.45, 2.75) is 32.2 Å². The molecule has 0 radical (unpaired) electrons. The van der Waals surface area contributed by atoms with Crippen molar-refractivity contribution < 1.29 is 9.63 Å². The maximum atomic E-state index is 13.3. The third kappa shape index (κ3) is 5.88. The van der Waals surface area contributed by atoms with Crippen LogP contribution in [-0.2, 0) is 11.2 Å². The highest BCUT2D eigenvalue weighted by atomic mass is 35.5. The van der Waals surface area contributed by atoms with Gasteiger partial charge in [0.2, 0.25) is 11.9 Å². The molecule has 0 bridgehead atoms. The summed E-state index contributed by atoms with van der Waals surface area (Å²) in [6.45, 7) is 4.96. The van der Waals surface area contributed by atoms with E-state index in [0.717, 1.165) is 23.5 Å². The summed E-state index contributed by atoms with van der Waals surface area (Å²) >= 11 is 12.7. The molecule has 39 heavy (non-hydrogen) atoms. The summed E-state index contributed by atoms with van der Waals surface area (Å²) in [6.07, 6.45) is 5.98. The molecule has 1 amide bonds. The quantitative estimate of drug-likeness (QED) is 0.278. The van der Waals surface area contributed by atoms with Gasteiger partial charge in [0.05, 0.1) is 27.7 Å². The van der Waals surface area contributed by atoms with Gasteiger partial charge in [-0.3, -0.25) is 14.5 Å². The van der Waals surface area contributed by atoms with Crippen molar-refractivity contribution in [1.29, 1.82) is 0 Å². The molecule has 3 N–H and O–H groups in total. The third-order valence-corrected chi connectivity index (χ3v) is 7.46. The number of H-pyrrole nitrogens is 1. The number of carbonyl (C=O) groups is 1. The molecule has 1 atom stereocenters. The Morgan fingerprint density at radius 3 is 2.67 bits per heavy atom. The van der Waals surface area contributed by atoms with E-state index in [-0.39, 0.29) is 29.5 Å². The van der Waals surface area contributed by atoms with Gasteiger partial charge in [-0.05, 0) is 57.1 Å². The monoisotopic (exact) mass is 569 g/mol. The normalized spacial score (nSPS) is 14.5. The minimum absolute atomic E-state index is 0.0464. The number of anilines is 2. The number of nitrogens with one attached hydrogen (secondary N) is 3. The molecular weight excluding hydrogens is 541 g/mol. The summed E-state index contributed by atoms with van der Waals surface area (Å²) in [5, 5.41) is 7.38. The lowest BCUT2D eigenvalue weighted by atomic mass is 10.1. The molecule has 4 aromatic rings. The van der Waals surface area contributed by atoms with Crippen LogP contribution in [0.25, 0.3) is 22.2 Å². The fourth-order valence-electron chi connectivity index (χ4n) is 4.79. The summed E-state index contributed by atoms with van der Waals surface area (Å²) in [7, 11) is 1.38. The summed E-state index contributed by atoms with van der Waals surface area (Å²) in [5.41, 5.74) is 1.92. The van der Waals surface area contributed by atoms with E-state index in [1.165, 1.54) is 20.0 Å². The van der Waals surface area contributed by atoms with E-state index in [9.17, 15) is 9.59 Å². The van der Waals surface area contributed by atoms with E-state index >= 15 is 0 Å². The van der Waals surface area contributed by atoms with Crippen LogP contribution in [-0.4, -0.2) is 63.3 Å². The van der Waals surface area contributed by atoms with Gasteiger partial charge in [-0.25, -0.2) is 4.98 Å². The van der Waals surface area contributed by atoms with Crippen LogP contribution < -0.4 is 21.0 Å². The average Bonchev–Trinajstić information content (AvgIpc) is 3.60. The van der Waals surface area contributed by atoms with Crippen LogP contribution in [0.3, 0.4) is 0 Å². The third-order valence-electron chi connectivity index (χ3n) is 6.83. The summed E-state index contributed by atoms with van der Waals surface area (Å²) in [6, 6.07) is 8.82. The van der Waals surface area contributed by atoms with Crippen LogP contribution in [0.2, 0.25) is 10.0 Å². The van der Waals surface area contributed by atoms with Gasteiger partial charge < -0.3 is 20.5 Å². The molecule has 0 saturated carbocycles. The van der Waals surface area contributed by atoms with Gasteiger partial charge in [-0.1, -0.05) is 29.3 Å². The standard InChI is InChI=1S/C27H29Cl2N7O3/c1-16(35-8-3-4-9-35)13-31-23(37)12-18-11-19(15-30-18)33-27-32-14-17-10-20(24-21(28)6-5-7-22(24)29)26(38)36(39-2)25(17)34-27/h5-7,10-11,14-16,30H,3-4,8-9,12-13H2,1-2H3,(H,31,37)(H,32,33,34). The second kappa shape index (κ2) is 11.6. The average molecular weight is 570 g/mol. The Morgan fingerprint density at radius 2 is 1.95 bits per heavy atom. The maximum absolute atomic E-state index is 13.3. The minimum atomic E-state index is -0.460. The molecule has 1 aliphatic rings. The number of likely N-dealkylation sites (tertiary alicyclic amines) is 1. The Kier molecular flexibility index (Phi) is 8.06. The molecule has 0 aliphatic carbocycles. The van der Waals surface area contributed by atoms with Gasteiger partial charge in [0.1, 0.15) is 7.11 Å². The molecule has 12 heteroatoms. The Morgan fingerprint density at radius 1 is 1.21 bits per heavy atom. The SMILES string of the molecule is COn1c(=O)c(-c2c(Cl)cccc2Cl)cc2cnc(Nc3c[nH]c(CC(=O)NCC(C)N4CCCC4)c3)nc21. The first-order chi connectivity index (χ1) is 18.8. The number of hydrogen-bond donors (Lipinski definition) is 3. The first-order valence-electron chi connectivity index (χ1n) is 12.7. The highest BCUT2D eigenvalue weighted by Gasteiger charge is 2.20. The number of pyridine rings is 1. The van der Waals surface area contributed by atoms with Crippen molar-refractivity contribution >= 4 is 51.8 Å². The predicted molar refractivity (Wildman–Crippen MR) is 153 cm³/mol. The number of carbonyl (C=O) groups excluding carboxylic acids is 1. The zero-order chi connectivity index (χ0) is 27.5. The van der Waals surface area contributed by atoms with E-state index in [1.54, 1.807) is 36.7 Å². The van der Waals surface area contributed by atoms with Gasteiger partial charge >= 0.3 is 0 Å². The summed E-state index contributed by atoms with van der Waals surface area (Å²) in [5.74, 6) is 0.209. The summed E-state index contributed by atoms with van der Waals surface area (Å²) in [4.78, 5) is 45.5. The molecule has 1 unspecified atom stereocenters. The highest BCUT2D eigenvalue weighted by Crippen LogP contribution is 2.33. The smallest absolute Gasteiger partial charge is 0.293 e. The Labute approximate surface area is 235 Å². The number of amides is 1. The Bertz CT molecular complexity index is 1540. The molecule has 204 valence electrons. The molecule has 1 aliphatic heterocycles. The Hall–Kier alpha value is -3.60. The molecule has 5 rings (SSSR count). The van der Waals surface area contributed by atoms with Gasteiger partial charge in [0, 0.05) is 41.6 Å². The predicted octanol–water partition coefficient (Wildman–Crippen LogP) is 4.04. The van der Waals surface area contributed by atoms with E-state index in [0.29, 0.717) is 39.3 Å². The summed E-state index contributed by atoms with van der Waals surface area (Å²) < 4.78 is 1.08. The van der Waals surface area contributed by atoms with Crippen molar-refractivity contribution in [3.8, 4) is 11.1 Å². The molecule has 10 nitrogen and oxygen atoms in total. The first kappa shape index (κ1) is 27.0. The lowest BCUT2D eigenvalue weighted by Gasteiger charge is -2.23. The van der Waals surface area contributed by atoms with Gasteiger partial charge in [-0.2, -0.15) is 4.98 Å². The van der Waals surface area contributed by atoms with Crippen LogP contribution in [0.4, 0.5) is 11.6 Å². The molecule has 1 fully saturated rings. The second-order valence-corrected chi connectivity index (χ2v) is 10.3. The van der Waals surface area contributed by atoms with Crippen molar-refractivity contribution in [2.24, 2.45) is 0 Å². The van der Waals surface area contributed by atoms with Crippen LogP contribution in [0, 0.1) is 0 Å². The molecule has 1 saturated heterocycles. The van der Waals surface area contributed by atoms with Gasteiger partial charge in [0.25, 0.3) is 5.56 Å². The van der Waals surface area contributed by atoms with Gasteiger partial charge in [-0.15, -0.1) is 4.73 Å². The number of benzene rings is 1. The van der Waals surface area contributed by atoms with Crippen molar-refractivity contribution in [3.05, 3.63) is 68.8 Å². The van der Waals surface area contributed by atoms with Crippen molar-refractivity contribution in [3.63, 3.8) is 0 Å². The number of fused-ring (bicyclic) bond motifs is 1. The molecule has 3 aromatic heterocycles. The van der Waals surface area contributed by atoms with Crippen LogP contribution in [0.5, 0.6) is 0 Å². The zero-order valence-electron chi connectivity index (χ0n) is 21.6. The molecular formula is C27H29Cl2N7O3. The molecule has 4 heterocycles. The highest BCUT2D eigenvalue weighted by molar-refractivity contribution is 6.39. The number of aromatic amines is 1. The topological polar surface area (TPSA) is 117 Å². The van der Waals surface area contributed by atoms with Crippen LogP contribution >= 0.6 is 23.2 Å². The maximum Gasteiger partial charge on any atom is 0.293 e. The first-order valence-corrected chi connectivity index (χ1v) is 13.5.